The minimum absolute atomic E-state index is 0.0638. The van der Waals surface area contributed by atoms with E-state index in [-0.39, 0.29) is 11.4 Å². The van der Waals surface area contributed by atoms with Crippen LogP contribution < -0.4 is 5.56 Å². The van der Waals surface area contributed by atoms with Crippen molar-refractivity contribution in [3.05, 3.63) is 74.9 Å². The number of halogens is 2. The Bertz CT molecular complexity index is 880. The van der Waals surface area contributed by atoms with Gasteiger partial charge in [0.25, 0.3) is 5.56 Å². The summed E-state index contributed by atoms with van der Waals surface area (Å²) in [4.78, 5) is 17.1. The normalized spacial score (nSPS) is 25.8. The highest BCUT2D eigenvalue weighted by molar-refractivity contribution is 6.30. The fourth-order valence-corrected chi connectivity index (χ4v) is 4.89. The average Bonchev–Trinajstić information content (AvgIpc) is 2.64. The number of piperidine rings is 1. The number of hydrogen-bond donors (Lipinski definition) is 1. The molecule has 27 heavy (non-hydrogen) atoms. The van der Waals surface area contributed by atoms with Crippen LogP contribution in [-0.4, -0.2) is 23.0 Å². The summed E-state index contributed by atoms with van der Waals surface area (Å²) in [6.45, 7) is 2.57. The second kappa shape index (κ2) is 7.99. The molecule has 1 aliphatic carbocycles. The first-order chi connectivity index (χ1) is 13.1. The van der Waals surface area contributed by atoms with Crippen molar-refractivity contribution >= 4 is 17.7 Å². The van der Waals surface area contributed by atoms with Gasteiger partial charge in [0.1, 0.15) is 5.82 Å². The minimum Gasteiger partial charge on any atom is -0.327 e. The summed E-state index contributed by atoms with van der Waals surface area (Å²) in [7, 11) is 0. The number of nitrogens with one attached hydrogen (secondary N) is 1. The Morgan fingerprint density at radius 2 is 1.96 bits per heavy atom. The van der Waals surface area contributed by atoms with Gasteiger partial charge in [-0.2, -0.15) is 0 Å². The molecule has 3 nitrogen and oxygen atoms in total. The Kier molecular flexibility index (Phi) is 5.46. The Morgan fingerprint density at radius 1 is 1.22 bits per heavy atom. The standard InChI is InChI=1S/C22H24ClFN2O/c23-19-10-18(22(27)25-11-19)14-26-12-16-5-3-6-17(13-26)20(16)9-8-15-4-1-2-7-21(15)24/h1-2,4,7-11,16-17,20H,3,5-6,12-14H2,(H,25,27)/b9-8+. The van der Waals surface area contributed by atoms with Crippen LogP contribution in [0.3, 0.4) is 0 Å². The monoisotopic (exact) mass is 386 g/mol. The number of benzene rings is 1. The molecule has 2 fully saturated rings. The van der Waals surface area contributed by atoms with E-state index >= 15 is 0 Å². The zero-order valence-corrected chi connectivity index (χ0v) is 16.0. The molecule has 4 rings (SSSR count). The van der Waals surface area contributed by atoms with Gasteiger partial charge < -0.3 is 4.98 Å². The van der Waals surface area contributed by atoms with Crippen LogP contribution in [0.1, 0.15) is 30.4 Å². The van der Waals surface area contributed by atoms with Gasteiger partial charge in [0.2, 0.25) is 0 Å². The maximum absolute atomic E-state index is 13.9. The van der Waals surface area contributed by atoms with Gasteiger partial charge >= 0.3 is 0 Å². The lowest BCUT2D eigenvalue weighted by Gasteiger charge is -2.46. The molecule has 0 radical (unpaired) electrons. The molecule has 0 amide bonds. The van der Waals surface area contributed by atoms with Gasteiger partial charge in [-0.15, -0.1) is 0 Å². The Balaban J connectivity index is 1.48. The number of aromatic amines is 1. The van der Waals surface area contributed by atoms with Crippen LogP contribution in [0.4, 0.5) is 4.39 Å². The third-order valence-corrected chi connectivity index (χ3v) is 6.18. The van der Waals surface area contributed by atoms with Crippen LogP contribution in [0.15, 0.2) is 47.4 Å². The van der Waals surface area contributed by atoms with Gasteiger partial charge in [-0.05, 0) is 42.7 Å². The smallest absolute Gasteiger partial charge is 0.252 e. The van der Waals surface area contributed by atoms with Crippen molar-refractivity contribution in [2.24, 2.45) is 17.8 Å². The topological polar surface area (TPSA) is 36.1 Å². The third kappa shape index (κ3) is 4.17. The molecule has 1 saturated carbocycles. The zero-order chi connectivity index (χ0) is 18.8. The molecule has 1 aliphatic heterocycles. The number of fused-ring (bicyclic) bond motifs is 2. The lowest BCUT2D eigenvalue weighted by atomic mass is 9.68. The predicted octanol–water partition coefficient (Wildman–Crippen LogP) is 4.73. The van der Waals surface area contributed by atoms with E-state index in [2.05, 4.69) is 16.0 Å². The highest BCUT2D eigenvalue weighted by atomic mass is 35.5. The van der Waals surface area contributed by atoms with Gasteiger partial charge in [-0.1, -0.05) is 48.4 Å². The molecule has 0 spiro atoms. The average molecular weight is 387 g/mol. The zero-order valence-electron chi connectivity index (χ0n) is 15.2. The van der Waals surface area contributed by atoms with Gasteiger partial charge in [0, 0.05) is 37.0 Å². The second-order valence-electron chi connectivity index (χ2n) is 7.78. The minimum atomic E-state index is -0.170. The number of allylic oxidation sites excluding steroid dienone is 1. The molecular weight excluding hydrogens is 363 g/mol. The van der Waals surface area contributed by atoms with Crippen molar-refractivity contribution < 1.29 is 4.39 Å². The fraction of sp³-hybridized carbons (Fsp3) is 0.409. The quantitative estimate of drug-likeness (QED) is 0.824. The van der Waals surface area contributed by atoms with Crippen LogP contribution in [0.25, 0.3) is 6.08 Å². The van der Waals surface area contributed by atoms with Crippen molar-refractivity contribution in [3.8, 4) is 0 Å². The van der Waals surface area contributed by atoms with Crippen LogP contribution in [0.5, 0.6) is 0 Å². The van der Waals surface area contributed by atoms with E-state index in [1.54, 1.807) is 12.1 Å². The maximum atomic E-state index is 13.9. The number of aromatic nitrogens is 1. The SMILES string of the molecule is O=c1[nH]cc(Cl)cc1CN1CC2CCCC(C1)C2/C=C/c1ccccc1F. The summed E-state index contributed by atoms with van der Waals surface area (Å²) in [5, 5.41) is 0.563. The first-order valence-corrected chi connectivity index (χ1v) is 10.00. The molecule has 1 saturated heterocycles. The number of nitrogens with zero attached hydrogens (tertiary/aromatic N) is 1. The largest absolute Gasteiger partial charge is 0.327 e. The first-order valence-electron chi connectivity index (χ1n) is 9.62. The molecule has 2 bridgehead atoms. The Morgan fingerprint density at radius 3 is 2.70 bits per heavy atom. The van der Waals surface area contributed by atoms with Gasteiger partial charge in [0.15, 0.2) is 0 Å². The van der Waals surface area contributed by atoms with E-state index in [4.69, 9.17) is 11.6 Å². The van der Waals surface area contributed by atoms with Crippen molar-refractivity contribution in [2.45, 2.75) is 25.8 Å². The van der Waals surface area contributed by atoms with E-state index in [0.29, 0.717) is 34.9 Å². The molecule has 2 aromatic rings. The van der Waals surface area contributed by atoms with Crippen molar-refractivity contribution in [1.82, 2.24) is 9.88 Å². The molecule has 1 aromatic heterocycles. The second-order valence-corrected chi connectivity index (χ2v) is 8.21. The van der Waals surface area contributed by atoms with Crippen LogP contribution >= 0.6 is 11.6 Å². The molecule has 2 unspecified atom stereocenters. The molecule has 142 valence electrons. The first kappa shape index (κ1) is 18.5. The van der Waals surface area contributed by atoms with Crippen LogP contribution in [0.2, 0.25) is 5.02 Å². The highest BCUT2D eigenvalue weighted by Crippen LogP contribution is 2.41. The Hall–Kier alpha value is -1.91. The van der Waals surface area contributed by atoms with E-state index in [1.807, 2.05) is 18.2 Å². The summed E-state index contributed by atoms with van der Waals surface area (Å²) in [6.07, 6.45) is 9.32. The molecule has 2 atom stereocenters. The van der Waals surface area contributed by atoms with E-state index in [1.165, 1.54) is 31.5 Å². The number of likely N-dealkylation sites (tertiary alicyclic amines) is 1. The summed E-state index contributed by atoms with van der Waals surface area (Å²) < 4.78 is 13.9. The molecular formula is C22H24ClFN2O. The predicted molar refractivity (Wildman–Crippen MR) is 107 cm³/mol. The lowest BCUT2D eigenvalue weighted by Crippen LogP contribution is -2.47. The van der Waals surface area contributed by atoms with Crippen molar-refractivity contribution in [3.63, 3.8) is 0 Å². The number of hydrogen-bond acceptors (Lipinski definition) is 2. The molecule has 2 aliphatic rings. The lowest BCUT2D eigenvalue weighted by molar-refractivity contribution is 0.0419. The summed E-state index contributed by atoms with van der Waals surface area (Å²) in [5.41, 5.74) is 1.32. The van der Waals surface area contributed by atoms with E-state index in [0.717, 1.165) is 18.7 Å². The van der Waals surface area contributed by atoms with E-state index in [9.17, 15) is 9.18 Å². The molecule has 1 aromatic carbocycles. The van der Waals surface area contributed by atoms with Gasteiger partial charge in [0.05, 0.1) is 5.02 Å². The number of H-pyrrole nitrogens is 1. The fourth-order valence-electron chi connectivity index (χ4n) is 4.70. The van der Waals surface area contributed by atoms with Crippen LogP contribution in [0, 0.1) is 23.6 Å². The summed E-state index contributed by atoms with van der Waals surface area (Å²) >= 11 is 6.04. The summed E-state index contributed by atoms with van der Waals surface area (Å²) in [5.74, 6) is 1.42. The van der Waals surface area contributed by atoms with Crippen molar-refractivity contribution in [2.75, 3.05) is 13.1 Å². The summed E-state index contributed by atoms with van der Waals surface area (Å²) in [6, 6.07) is 8.68. The third-order valence-electron chi connectivity index (χ3n) is 5.97. The number of pyridine rings is 1. The molecule has 5 heteroatoms. The number of rotatable bonds is 4. The van der Waals surface area contributed by atoms with Crippen molar-refractivity contribution in [1.29, 1.82) is 0 Å². The molecule has 2 heterocycles. The molecule has 1 N–H and O–H groups in total. The van der Waals surface area contributed by atoms with Gasteiger partial charge in [-0.25, -0.2) is 4.39 Å². The Labute approximate surface area is 163 Å². The van der Waals surface area contributed by atoms with Crippen LogP contribution in [-0.2, 0) is 6.54 Å². The van der Waals surface area contributed by atoms with E-state index < -0.39 is 0 Å². The maximum Gasteiger partial charge on any atom is 0.252 e. The highest BCUT2D eigenvalue weighted by Gasteiger charge is 2.38. The van der Waals surface area contributed by atoms with Gasteiger partial charge in [-0.3, -0.25) is 9.69 Å².